The Kier molecular flexibility index (Phi) is 7.21. The van der Waals surface area contributed by atoms with E-state index in [9.17, 15) is 14.4 Å². The Morgan fingerprint density at radius 1 is 1.05 bits per heavy atom. The Hall–Kier alpha value is -3.37. The summed E-state index contributed by atoms with van der Waals surface area (Å²) in [6.07, 6.45) is 5.13. The monoisotopic (exact) mass is 537 g/mol. The van der Waals surface area contributed by atoms with Crippen LogP contribution in [0.2, 0.25) is 0 Å². The molecule has 2 aliphatic heterocycles. The molecule has 0 aromatic heterocycles. The molecule has 0 bridgehead atoms. The van der Waals surface area contributed by atoms with Crippen molar-refractivity contribution in [2.45, 2.75) is 38.1 Å². The van der Waals surface area contributed by atoms with E-state index in [1.54, 1.807) is 48.4 Å². The van der Waals surface area contributed by atoms with Crippen LogP contribution in [0, 0.1) is 0 Å². The number of nitrogens with zero attached hydrogens (tertiary/aromatic N) is 2. The van der Waals surface area contributed by atoms with Gasteiger partial charge in [0.2, 0.25) is 5.91 Å². The highest BCUT2D eigenvalue weighted by Crippen LogP contribution is 2.46. The third-order valence-corrected chi connectivity index (χ3v) is 8.27. The lowest BCUT2D eigenvalue weighted by atomic mass is 9.94. The first-order valence-electron chi connectivity index (χ1n) is 12.2. The molecular formula is C27H27N3O5S2. The van der Waals surface area contributed by atoms with Crippen LogP contribution in [-0.4, -0.2) is 53.7 Å². The molecule has 1 N–H and O–H groups in total. The number of anilines is 2. The van der Waals surface area contributed by atoms with Crippen molar-refractivity contribution in [1.29, 1.82) is 0 Å². The number of hydrogen-bond donors (Lipinski definition) is 1. The maximum atomic E-state index is 13.7. The van der Waals surface area contributed by atoms with Gasteiger partial charge < -0.3 is 14.8 Å². The fourth-order valence-electron chi connectivity index (χ4n) is 5.08. The molecular weight excluding hydrogens is 510 g/mol. The Balaban J connectivity index is 1.42. The zero-order valence-corrected chi connectivity index (χ0v) is 22.2. The summed E-state index contributed by atoms with van der Waals surface area (Å²) < 4.78 is 11.1. The summed E-state index contributed by atoms with van der Waals surface area (Å²) in [6, 6.07) is 12.3. The maximum absolute atomic E-state index is 13.7. The van der Waals surface area contributed by atoms with Gasteiger partial charge in [0.15, 0.2) is 0 Å². The van der Waals surface area contributed by atoms with Crippen LogP contribution in [0.15, 0.2) is 47.4 Å². The number of hydrogen-bond acceptors (Lipinski definition) is 7. The lowest BCUT2D eigenvalue weighted by Gasteiger charge is -2.29. The van der Waals surface area contributed by atoms with Crippen LogP contribution in [0.5, 0.6) is 11.5 Å². The predicted molar refractivity (Wildman–Crippen MR) is 148 cm³/mol. The molecule has 3 amide bonds. The maximum Gasteiger partial charge on any atom is 0.267 e. The zero-order chi connectivity index (χ0) is 26.1. The molecule has 2 heterocycles. The molecule has 37 heavy (non-hydrogen) atoms. The molecule has 10 heteroatoms. The number of carbonyl (C=O) groups is 3. The minimum Gasteiger partial charge on any atom is -0.497 e. The van der Waals surface area contributed by atoms with Gasteiger partial charge in [-0.2, -0.15) is 0 Å². The van der Waals surface area contributed by atoms with E-state index in [2.05, 4.69) is 5.32 Å². The van der Waals surface area contributed by atoms with Crippen LogP contribution in [0.25, 0.3) is 5.57 Å². The average Bonchev–Trinajstić information content (AvgIpc) is 3.36. The zero-order valence-electron chi connectivity index (χ0n) is 20.6. The fraction of sp³-hybridized carbons (Fsp3) is 0.333. The van der Waals surface area contributed by atoms with Gasteiger partial charge >= 0.3 is 0 Å². The number of amides is 3. The van der Waals surface area contributed by atoms with Crippen molar-refractivity contribution in [3.63, 3.8) is 0 Å². The molecule has 8 nitrogen and oxygen atoms in total. The molecule has 1 saturated heterocycles. The van der Waals surface area contributed by atoms with Gasteiger partial charge in [-0.1, -0.05) is 61.4 Å². The molecule has 0 radical (unpaired) electrons. The summed E-state index contributed by atoms with van der Waals surface area (Å²) in [5.41, 5.74) is 1.98. The number of rotatable bonds is 6. The Labute approximate surface area is 225 Å². The van der Waals surface area contributed by atoms with Crippen molar-refractivity contribution in [3.05, 3.63) is 52.9 Å². The van der Waals surface area contributed by atoms with Gasteiger partial charge in [-0.3, -0.25) is 24.2 Å². The van der Waals surface area contributed by atoms with Crippen molar-refractivity contribution in [2.75, 3.05) is 31.0 Å². The Morgan fingerprint density at radius 2 is 1.81 bits per heavy atom. The third kappa shape index (κ3) is 4.71. The molecule has 1 aliphatic carbocycles. The molecule has 0 spiro atoms. The topological polar surface area (TPSA) is 88.2 Å². The standard InChI is InChI=1S/C27H27N3O5S2/c1-34-17-12-13-19(21(14-17)35-2)28-22(31)15-29-20-11-7-6-10-18(20)23(25(29)32)24-26(33)30(27(36)37-24)16-8-4-3-5-9-16/h6-7,10-14,16H,3-5,8-9,15H2,1-2H3,(H,28,31)/b24-23+. The minimum absolute atomic E-state index is 0.0763. The van der Waals surface area contributed by atoms with Gasteiger partial charge in [0.1, 0.15) is 22.4 Å². The van der Waals surface area contributed by atoms with E-state index in [0.29, 0.717) is 43.2 Å². The molecule has 0 atom stereocenters. The average molecular weight is 538 g/mol. The number of para-hydroxylation sites is 1. The molecule has 2 aromatic rings. The summed E-state index contributed by atoms with van der Waals surface area (Å²) in [5.74, 6) is 0.0285. The van der Waals surface area contributed by atoms with E-state index in [4.69, 9.17) is 21.7 Å². The van der Waals surface area contributed by atoms with Crippen LogP contribution in [0.4, 0.5) is 11.4 Å². The van der Waals surface area contributed by atoms with E-state index in [-0.39, 0.29) is 24.4 Å². The number of fused-ring (bicyclic) bond motifs is 1. The molecule has 2 aromatic carbocycles. The van der Waals surface area contributed by atoms with Crippen LogP contribution in [-0.2, 0) is 14.4 Å². The van der Waals surface area contributed by atoms with E-state index in [1.807, 2.05) is 6.07 Å². The van der Waals surface area contributed by atoms with Crippen LogP contribution in [0.3, 0.4) is 0 Å². The van der Waals surface area contributed by atoms with Crippen molar-refractivity contribution in [1.82, 2.24) is 4.90 Å². The molecule has 0 unspecified atom stereocenters. The number of thioether (sulfide) groups is 1. The second-order valence-corrected chi connectivity index (χ2v) is 10.7. The first-order chi connectivity index (χ1) is 17.9. The SMILES string of the molecule is COc1ccc(NC(=O)CN2C(=O)/C(=C3/SC(=S)N(C4CCCCC4)C3=O)c3ccccc32)c(OC)c1. The Morgan fingerprint density at radius 3 is 2.54 bits per heavy atom. The summed E-state index contributed by atoms with van der Waals surface area (Å²) in [4.78, 5) is 43.7. The van der Waals surface area contributed by atoms with Crippen LogP contribution in [0.1, 0.15) is 37.7 Å². The molecule has 2 fully saturated rings. The number of methoxy groups -OCH3 is 2. The van der Waals surface area contributed by atoms with Crippen molar-refractivity contribution in [2.24, 2.45) is 0 Å². The molecule has 192 valence electrons. The van der Waals surface area contributed by atoms with Gasteiger partial charge in [0.05, 0.1) is 36.1 Å². The van der Waals surface area contributed by atoms with Gasteiger partial charge in [0, 0.05) is 17.7 Å². The Bertz CT molecular complexity index is 1320. The quantitative estimate of drug-likeness (QED) is 0.426. The van der Waals surface area contributed by atoms with Crippen molar-refractivity contribution in [3.8, 4) is 11.5 Å². The smallest absolute Gasteiger partial charge is 0.267 e. The number of benzene rings is 2. The molecule has 1 saturated carbocycles. The van der Waals surface area contributed by atoms with Crippen LogP contribution >= 0.6 is 24.0 Å². The second-order valence-electron chi connectivity index (χ2n) is 9.06. The summed E-state index contributed by atoms with van der Waals surface area (Å²) in [7, 11) is 3.05. The van der Waals surface area contributed by atoms with Crippen molar-refractivity contribution >= 4 is 63.0 Å². The highest BCUT2D eigenvalue weighted by Gasteiger charge is 2.44. The molecule has 3 aliphatic rings. The summed E-state index contributed by atoms with van der Waals surface area (Å²) in [5, 5.41) is 2.81. The number of nitrogens with one attached hydrogen (secondary N) is 1. The normalized spacial score (nSPS) is 19.9. The number of thiocarbonyl (C=S) groups is 1. The van der Waals surface area contributed by atoms with Gasteiger partial charge in [0.25, 0.3) is 11.8 Å². The van der Waals surface area contributed by atoms with E-state index >= 15 is 0 Å². The first kappa shape index (κ1) is 25.3. The highest BCUT2D eigenvalue weighted by atomic mass is 32.2. The lowest BCUT2D eigenvalue weighted by Crippen LogP contribution is -2.40. The first-order valence-corrected chi connectivity index (χ1v) is 13.4. The predicted octanol–water partition coefficient (Wildman–Crippen LogP) is 4.59. The largest absolute Gasteiger partial charge is 0.497 e. The van der Waals surface area contributed by atoms with E-state index < -0.39 is 5.91 Å². The minimum atomic E-state index is -0.400. The lowest BCUT2D eigenvalue weighted by molar-refractivity contribution is -0.124. The summed E-state index contributed by atoms with van der Waals surface area (Å²) >= 11 is 6.77. The number of ether oxygens (including phenoxy) is 2. The second kappa shape index (κ2) is 10.5. The van der Waals surface area contributed by atoms with E-state index in [0.717, 1.165) is 32.1 Å². The van der Waals surface area contributed by atoms with Crippen LogP contribution < -0.4 is 19.7 Å². The fourth-order valence-corrected chi connectivity index (χ4v) is 6.55. The molecule has 5 rings (SSSR count). The van der Waals surface area contributed by atoms with Crippen molar-refractivity contribution < 1.29 is 23.9 Å². The van der Waals surface area contributed by atoms with E-state index in [1.165, 1.54) is 23.8 Å². The number of carbonyl (C=O) groups excluding carboxylic acids is 3. The highest BCUT2D eigenvalue weighted by molar-refractivity contribution is 8.26. The van der Waals surface area contributed by atoms with Gasteiger partial charge in [-0.25, -0.2) is 0 Å². The van der Waals surface area contributed by atoms with Gasteiger partial charge in [-0.05, 0) is 31.0 Å². The summed E-state index contributed by atoms with van der Waals surface area (Å²) in [6.45, 7) is -0.225. The van der Waals surface area contributed by atoms with Gasteiger partial charge in [-0.15, -0.1) is 0 Å². The third-order valence-electron chi connectivity index (χ3n) is 6.87.